The molecule has 2 rings (SSSR count). The van der Waals surface area contributed by atoms with Gasteiger partial charge in [0, 0.05) is 11.8 Å². The summed E-state index contributed by atoms with van der Waals surface area (Å²) >= 11 is 4.86. The van der Waals surface area contributed by atoms with Crippen molar-refractivity contribution in [1.29, 1.82) is 0 Å². The molecule has 0 bridgehead atoms. The highest BCUT2D eigenvalue weighted by molar-refractivity contribution is 7.71. The zero-order chi connectivity index (χ0) is 12.3. The molecule has 0 atom stereocenters. The molecule has 2 aromatic rings. The third-order valence-electron chi connectivity index (χ3n) is 2.08. The number of pyridine rings is 1. The van der Waals surface area contributed by atoms with E-state index >= 15 is 0 Å². The molecule has 1 N–H and O–H groups in total. The van der Waals surface area contributed by atoms with Gasteiger partial charge in [-0.15, -0.1) is 0 Å². The molecule has 17 heavy (non-hydrogen) atoms. The molecular weight excluding hydrogens is 241 g/mol. The van der Waals surface area contributed by atoms with E-state index in [2.05, 4.69) is 15.0 Å². The topological polar surface area (TPSA) is 50.8 Å². The highest BCUT2D eigenvalue weighted by Gasteiger charge is 2.07. The van der Waals surface area contributed by atoms with Crippen LogP contribution < -0.4 is 4.74 Å². The van der Waals surface area contributed by atoms with Crippen LogP contribution in [0.2, 0.25) is 0 Å². The van der Waals surface area contributed by atoms with Crippen molar-refractivity contribution in [2.24, 2.45) is 0 Å². The van der Waals surface area contributed by atoms with Crippen molar-refractivity contribution >= 4 is 12.2 Å². The van der Waals surface area contributed by atoms with Gasteiger partial charge in [-0.05, 0) is 25.2 Å². The smallest absolute Gasteiger partial charge is 0.197 e. The summed E-state index contributed by atoms with van der Waals surface area (Å²) in [6, 6.07) is 1.69. The average Bonchev–Trinajstić information content (AvgIpc) is 2.33. The van der Waals surface area contributed by atoms with Gasteiger partial charge >= 0.3 is 0 Å². The first-order chi connectivity index (χ1) is 8.20. The fourth-order valence-electron chi connectivity index (χ4n) is 1.39. The zero-order valence-corrected chi connectivity index (χ0v) is 9.92. The molecule has 2 aromatic heterocycles. The van der Waals surface area contributed by atoms with E-state index in [1.807, 2.05) is 6.92 Å². The molecule has 0 saturated carbocycles. The molecule has 0 aromatic carbocycles. The molecule has 0 amide bonds. The Balaban J connectivity index is 2.48. The van der Waals surface area contributed by atoms with E-state index in [0.717, 1.165) is 6.20 Å². The van der Waals surface area contributed by atoms with Gasteiger partial charge in [-0.3, -0.25) is 4.98 Å². The molecule has 0 radical (unpaired) electrons. The van der Waals surface area contributed by atoms with Gasteiger partial charge in [0.1, 0.15) is 5.75 Å². The maximum absolute atomic E-state index is 13.6. The lowest BCUT2D eigenvalue weighted by molar-refractivity contribution is 0.339. The van der Waals surface area contributed by atoms with Gasteiger partial charge in [-0.2, -0.15) is 0 Å². The molecular formula is C11H10FN3OS. The summed E-state index contributed by atoms with van der Waals surface area (Å²) in [5, 5.41) is 0. The van der Waals surface area contributed by atoms with Crippen LogP contribution in [0.15, 0.2) is 24.7 Å². The maximum atomic E-state index is 13.6. The number of H-pyrrole nitrogens is 1. The Labute approximate surface area is 103 Å². The first kappa shape index (κ1) is 11.7. The van der Waals surface area contributed by atoms with Crippen LogP contribution >= 0.6 is 12.2 Å². The molecule has 6 heteroatoms. The Kier molecular flexibility index (Phi) is 3.43. The first-order valence-corrected chi connectivity index (χ1v) is 5.44. The first-order valence-electron chi connectivity index (χ1n) is 5.03. The van der Waals surface area contributed by atoms with Crippen LogP contribution in [-0.4, -0.2) is 21.6 Å². The molecule has 0 fully saturated rings. The van der Waals surface area contributed by atoms with Gasteiger partial charge in [0.05, 0.1) is 24.7 Å². The van der Waals surface area contributed by atoms with Gasteiger partial charge in [-0.25, -0.2) is 9.37 Å². The number of ether oxygens (including phenoxy) is 1. The number of aromatic amines is 1. The van der Waals surface area contributed by atoms with E-state index in [1.165, 1.54) is 6.20 Å². The Morgan fingerprint density at radius 1 is 1.41 bits per heavy atom. The van der Waals surface area contributed by atoms with Crippen LogP contribution in [0, 0.1) is 10.6 Å². The van der Waals surface area contributed by atoms with Crippen LogP contribution in [-0.2, 0) is 0 Å². The molecule has 88 valence electrons. The van der Waals surface area contributed by atoms with Crippen LogP contribution in [0.3, 0.4) is 0 Å². The molecule has 4 nitrogen and oxygen atoms in total. The van der Waals surface area contributed by atoms with Crippen LogP contribution in [0.25, 0.3) is 11.3 Å². The number of halogens is 1. The minimum absolute atomic E-state index is 0.225. The van der Waals surface area contributed by atoms with Crippen LogP contribution in [0.4, 0.5) is 4.39 Å². The van der Waals surface area contributed by atoms with Gasteiger partial charge in [-0.1, -0.05) is 0 Å². The van der Waals surface area contributed by atoms with Crippen molar-refractivity contribution in [3.05, 3.63) is 35.2 Å². The number of rotatable bonds is 3. The lowest BCUT2D eigenvalue weighted by Crippen LogP contribution is -1.95. The fourth-order valence-corrected chi connectivity index (χ4v) is 1.54. The number of nitrogens with one attached hydrogen (secondary N) is 1. The van der Waals surface area contributed by atoms with Crippen molar-refractivity contribution < 1.29 is 9.13 Å². The SMILES string of the molecule is CCOc1cncc(-c2[nH]c(=S)ncc2F)c1. The second kappa shape index (κ2) is 5.01. The van der Waals surface area contributed by atoms with Crippen molar-refractivity contribution in [2.75, 3.05) is 6.61 Å². The molecule has 0 aliphatic carbocycles. The van der Waals surface area contributed by atoms with Crippen LogP contribution in [0.5, 0.6) is 5.75 Å². The monoisotopic (exact) mass is 251 g/mol. The summed E-state index contributed by atoms with van der Waals surface area (Å²) in [6.45, 7) is 2.40. The summed E-state index contributed by atoms with van der Waals surface area (Å²) < 4.78 is 19.1. The Morgan fingerprint density at radius 2 is 2.24 bits per heavy atom. The van der Waals surface area contributed by atoms with Crippen molar-refractivity contribution in [1.82, 2.24) is 15.0 Å². The summed E-state index contributed by atoms with van der Waals surface area (Å²) in [4.78, 5) is 10.3. The van der Waals surface area contributed by atoms with Crippen LogP contribution in [0.1, 0.15) is 6.92 Å². The molecule has 2 heterocycles. The highest BCUT2D eigenvalue weighted by atomic mass is 32.1. The largest absolute Gasteiger partial charge is 0.492 e. The predicted molar refractivity (Wildman–Crippen MR) is 63.8 cm³/mol. The summed E-state index contributed by atoms with van der Waals surface area (Å²) in [6.07, 6.45) is 4.19. The maximum Gasteiger partial charge on any atom is 0.197 e. The Hall–Kier alpha value is -1.82. The summed E-state index contributed by atoms with van der Waals surface area (Å²) in [5.41, 5.74) is 0.834. The summed E-state index contributed by atoms with van der Waals surface area (Å²) in [5.74, 6) is 0.106. The van der Waals surface area contributed by atoms with Gasteiger partial charge in [0.2, 0.25) is 0 Å². The zero-order valence-electron chi connectivity index (χ0n) is 9.11. The molecule has 0 aliphatic rings. The Bertz CT molecular complexity index is 585. The van der Waals surface area contributed by atoms with Crippen molar-refractivity contribution in [3.8, 4) is 17.0 Å². The van der Waals surface area contributed by atoms with Gasteiger partial charge < -0.3 is 9.72 Å². The number of hydrogen-bond acceptors (Lipinski definition) is 4. The second-order valence-electron chi connectivity index (χ2n) is 3.25. The number of nitrogens with zero attached hydrogens (tertiary/aromatic N) is 2. The average molecular weight is 251 g/mol. The molecule has 0 spiro atoms. The minimum atomic E-state index is -0.478. The second-order valence-corrected chi connectivity index (χ2v) is 3.64. The van der Waals surface area contributed by atoms with Crippen molar-refractivity contribution in [3.63, 3.8) is 0 Å². The summed E-state index contributed by atoms with van der Waals surface area (Å²) in [7, 11) is 0. The van der Waals surface area contributed by atoms with E-state index in [4.69, 9.17) is 17.0 Å². The van der Waals surface area contributed by atoms with Crippen molar-refractivity contribution in [2.45, 2.75) is 6.92 Å². The molecule has 0 unspecified atom stereocenters. The van der Waals surface area contributed by atoms with E-state index in [9.17, 15) is 4.39 Å². The van der Waals surface area contributed by atoms with E-state index in [1.54, 1.807) is 12.3 Å². The lowest BCUT2D eigenvalue weighted by atomic mass is 10.2. The van der Waals surface area contributed by atoms with E-state index in [0.29, 0.717) is 17.9 Å². The number of aromatic nitrogens is 3. The Morgan fingerprint density at radius 3 is 3.00 bits per heavy atom. The normalized spacial score (nSPS) is 10.2. The third-order valence-corrected chi connectivity index (χ3v) is 2.29. The molecule has 0 aliphatic heterocycles. The fraction of sp³-hybridized carbons (Fsp3) is 0.182. The van der Waals surface area contributed by atoms with Gasteiger partial charge in [0.15, 0.2) is 10.6 Å². The third kappa shape index (κ3) is 2.65. The predicted octanol–water partition coefficient (Wildman–Crippen LogP) is 2.74. The quantitative estimate of drug-likeness (QED) is 0.852. The highest BCUT2D eigenvalue weighted by Crippen LogP contribution is 2.22. The standard InChI is InChI=1S/C11H10FN3OS/c1-2-16-8-3-7(4-13-5-8)10-9(12)6-14-11(17)15-10/h3-6H,2H2,1H3,(H,14,15,17). The van der Waals surface area contributed by atoms with Gasteiger partial charge in [0.25, 0.3) is 0 Å². The lowest BCUT2D eigenvalue weighted by Gasteiger charge is -2.06. The van der Waals surface area contributed by atoms with E-state index in [-0.39, 0.29) is 10.5 Å². The number of hydrogen-bond donors (Lipinski definition) is 1. The van der Waals surface area contributed by atoms with E-state index < -0.39 is 5.82 Å². The minimum Gasteiger partial charge on any atom is -0.492 e. The molecule has 0 saturated heterocycles.